The van der Waals surface area contributed by atoms with E-state index in [-0.39, 0.29) is 0 Å². The van der Waals surface area contributed by atoms with Crippen LogP contribution in [0.15, 0.2) is 79.1 Å². The molecule has 1 aliphatic rings. The number of anilines is 2. The van der Waals surface area contributed by atoms with Gasteiger partial charge in [0.25, 0.3) is 0 Å². The zero-order valence-corrected chi connectivity index (χ0v) is 27.2. The number of carbonyl (C=O) groups excluding carboxylic acids is 1. The standard InChI is InChI=1S/C39H37FN4O4/c1-24-27(19-33(40)28-13-14-30(23-45)36(20-28)48-3)8-6-9-31(24)32-10-7-11-34(25(32)2)43-38-37-29(15-16-41-38)18-26(21-42-37)22-44-17-5-4-12-35(44)39(46)47/h6-11,13-16,18-21,23,35H,4-5,12,17,22H2,1-3H3,(H,41,43)(H,46,47). The molecule has 2 N–H and O–H groups in total. The number of aliphatic carboxylic acids is 1. The molecule has 2 aromatic heterocycles. The molecule has 3 aromatic carbocycles. The highest BCUT2D eigenvalue weighted by Gasteiger charge is 2.28. The van der Waals surface area contributed by atoms with Crippen molar-refractivity contribution in [2.24, 2.45) is 0 Å². The molecule has 0 amide bonds. The van der Waals surface area contributed by atoms with Gasteiger partial charge in [0.1, 0.15) is 23.1 Å². The van der Waals surface area contributed by atoms with Gasteiger partial charge in [-0.3, -0.25) is 19.5 Å². The van der Waals surface area contributed by atoms with Crippen LogP contribution in [0, 0.1) is 13.8 Å². The maximum Gasteiger partial charge on any atom is 0.320 e. The summed E-state index contributed by atoms with van der Waals surface area (Å²) in [6, 6.07) is 20.0. The third kappa shape index (κ3) is 6.68. The van der Waals surface area contributed by atoms with Gasteiger partial charge in [0, 0.05) is 35.6 Å². The molecule has 1 aliphatic heterocycles. The van der Waals surface area contributed by atoms with Crippen LogP contribution in [0.1, 0.15) is 57.4 Å². The zero-order valence-electron chi connectivity index (χ0n) is 27.2. The number of carbonyl (C=O) groups is 2. The van der Waals surface area contributed by atoms with Gasteiger partial charge >= 0.3 is 5.97 Å². The van der Waals surface area contributed by atoms with Crippen LogP contribution in [0.25, 0.3) is 33.9 Å². The summed E-state index contributed by atoms with van der Waals surface area (Å²) < 4.78 is 20.7. The Labute approximate surface area is 278 Å². The minimum atomic E-state index is -0.773. The van der Waals surface area contributed by atoms with Crippen LogP contribution in [0.3, 0.4) is 0 Å². The number of ether oxygens (including phenoxy) is 1. The molecule has 0 saturated carbocycles. The number of pyridine rings is 2. The van der Waals surface area contributed by atoms with Gasteiger partial charge in [-0.05, 0) is 103 Å². The van der Waals surface area contributed by atoms with Gasteiger partial charge in [-0.2, -0.15) is 0 Å². The molecule has 48 heavy (non-hydrogen) atoms. The molecule has 0 aliphatic carbocycles. The number of piperidine rings is 1. The van der Waals surface area contributed by atoms with Crippen LogP contribution in [-0.2, 0) is 11.3 Å². The first-order chi connectivity index (χ1) is 23.3. The predicted molar refractivity (Wildman–Crippen MR) is 187 cm³/mol. The number of rotatable bonds is 10. The molecule has 0 spiro atoms. The number of carboxylic acids is 1. The fraction of sp³-hybridized carbons (Fsp3) is 0.231. The summed E-state index contributed by atoms with van der Waals surface area (Å²) in [5.74, 6) is -0.273. The van der Waals surface area contributed by atoms with E-state index in [4.69, 9.17) is 9.72 Å². The molecular weight excluding hydrogens is 607 g/mol. The minimum Gasteiger partial charge on any atom is -0.496 e. The maximum absolute atomic E-state index is 15.5. The van der Waals surface area contributed by atoms with E-state index in [1.165, 1.54) is 19.3 Å². The van der Waals surface area contributed by atoms with E-state index in [0.29, 0.717) is 41.9 Å². The van der Waals surface area contributed by atoms with Crippen LogP contribution in [0.4, 0.5) is 15.9 Å². The topological polar surface area (TPSA) is 105 Å². The van der Waals surface area contributed by atoms with E-state index in [9.17, 15) is 14.7 Å². The van der Waals surface area contributed by atoms with Crippen molar-refractivity contribution in [3.63, 3.8) is 0 Å². The lowest BCUT2D eigenvalue weighted by molar-refractivity contribution is -0.144. The average Bonchev–Trinajstić information content (AvgIpc) is 3.10. The van der Waals surface area contributed by atoms with Gasteiger partial charge in [0.15, 0.2) is 12.1 Å². The highest BCUT2D eigenvalue weighted by molar-refractivity contribution is 5.91. The number of aromatic nitrogens is 2. The summed E-state index contributed by atoms with van der Waals surface area (Å²) in [4.78, 5) is 34.4. The Balaban J connectivity index is 1.27. The Morgan fingerprint density at radius 1 is 1.02 bits per heavy atom. The van der Waals surface area contributed by atoms with Crippen LogP contribution >= 0.6 is 0 Å². The molecule has 0 bridgehead atoms. The smallest absolute Gasteiger partial charge is 0.320 e. The van der Waals surface area contributed by atoms with E-state index >= 15 is 4.39 Å². The van der Waals surface area contributed by atoms with Gasteiger partial charge in [-0.1, -0.05) is 42.8 Å². The Morgan fingerprint density at radius 2 is 1.81 bits per heavy atom. The van der Waals surface area contributed by atoms with Crippen molar-refractivity contribution < 1.29 is 23.8 Å². The fourth-order valence-electron chi connectivity index (χ4n) is 6.45. The van der Waals surface area contributed by atoms with E-state index in [0.717, 1.165) is 69.4 Å². The lowest BCUT2D eigenvalue weighted by Gasteiger charge is -2.32. The second-order valence-electron chi connectivity index (χ2n) is 12.1. The summed E-state index contributed by atoms with van der Waals surface area (Å²) in [7, 11) is 1.45. The first-order valence-corrected chi connectivity index (χ1v) is 15.9. The number of nitrogens with zero attached hydrogens (tertiary/aromatic N) is 3. The second kappa shape index (κ2) is 14.1. The van der Waals surface area contributed by atoms with E-state index < -0.39 is 17.8 Å². The number of likely N-dealkylation sites (tertiary alicyclic amines) is 1. The van der Waals surface area contributed by atoms with Crippen molar-refractivity contribution in [3.05, 3.63) is 113 Å². The molecule has 6 rings (SSSR count). The molecule has 8 nitrogen and oxygen atoms in total. The third-order valence-corrected chi connectivity index (χ3v) is 9.11. The highest BCUT2D eigenvalue weighted by Crippen LogP contribution is 2.35. The number of hydrogen-bond donors (Lipinski definition) is 2. The molecule has 1 fully saturated rings. The summed E-state index contributed by atoms with van der Waals surface area (Å²) in [5, 5.41) is 14.1. The maximum atomic E-state index is 15.5. The first-order valence-electron chi connectivity index (χ1n) is 15.9. The lowest BCUT2D eigenvalue weighted by Crippen LogP contribution is -2.44. The minimum absolute atomic E-state index is 0.319. The first kappa shape index (κ1) is 32.5. The number of benzene rings is 3. The van der Waals surface area contributed by atoms with Gasteiger partial charge in [0.05, 0.1) is 12.7 Å². The van der Waals surface area contributed by atoms with Crippen LogP contribution in [0.2, 0.25) is 0 Å². The van der Waals surface area contributed by atoms with Gasteiger partial charge < -0.3 is 15.2 Å². The number of fused-ring (bicyclic) bond motifs is 1. The summed E-state index contributed by atoms with van der Waals surface area (Å²) in [6.07, 6.45) is 8.32. The van der Waals surface area contributed by atoms with E-state index in [1.807, 2.05) is 61.2 Å². The third-order valence-electron chi connectivity index (χ3n) is 9.11. The van der Waals surface area contributed by atoms with Crippen molar-refractivity contribution in [1.82, 2.24) is 14.9 Å². The summed E-state index contributed by atoms with van der Waals surface area (Å²) >= 11 is 0. The van der Waals surface area contributed by atoms with Gasteiger partial charge in [-0.15, -0.1) is 0 Å². The molecule has 244 valence electrons. The SMILES string of the molecule is COc1cc(C(F)=Cc2cccc(-c3cccc(Nc4nccc5cc(CN6CCCCC6C(=O)O)cnc45)c3C)c2C)ccc1C=O. The lowest BCUT2D eigenvalue weighted by atomic mass is 9.92. The van der Waals surface area contributed by atoms with Crippen LogP contribution in [-0.4, -0.2) is 51.9 Å². The van der Waals surface area contributed by atoms with Crippen LogP contribution in [0.5, 0.6) is 5.75 Å². The van der Waals surface area contributed by atoms with Crippen LogP contribution < -0.4 is 10.1 Å². The summed E-state index contributed by atoms with van der Waals surface area (Å²) in [6.45, 7) is 5.30. The largest absolute Gasteiger partial charge is 0.496 e. The van der Waals surface area contributed by atoms with Crippen molar-refractivity contribution >= 4 is 46.6 Å². The second-order valence-corrected chi connectivity index (χ2v) is 12.1. The average molecular weight is 645 g/mol. The Morgan fingerprint density at radius 3 is 2.58 bits per heavy atom. The number of methoxy groups -OCH3 is 1. The fourth-order valence-corrected chi connectivity index (χ4v) is 6.45. The molecular formula is C39H37FN4O4. The van der Waals surface area contributed by atoms with Gasteiger partial charge in [0.2, 0.25) is 0 Å². The molecule has 0 radical (unpaired) electrons. The molecule has 5 aromatic rings. The number of carboxylic acid groups (broad SMARTS) is 1. The van der Waals surface area contributed by atoms with Gasteiger partial charge in [-0.25, -0.2) is 9.37 Å². The van der Waals surface area contributed by atoms with Crippen molar-refractivity contribution in [3.8, 4) is 16.9 Å². The van der Waals surface area contributed by atoms with Crippen molar-refractivity contribution in [2.45, 2.75) is 45.7 Å². The highest BCUT2D eigenvalue weighted by atomic mass is 19.1. The number of halogens is 1. The zero-order chi connectivity index (χ0) is 33.8. The Bertz CT molecular complexity index is 2040. The van der Waals surface area contributed by atoms with E-state index in [2.05, 4.69) is 16.4 Å². The molecule has 1 atom stereocenters. The normalized spacial score (nSPS) is 15.3. The quantitative estimate of drug-likeness (QED) is 0.115. The van der Waals surface area contributed by atoms with E-state index in [1.54, 1.807) is 24.5 Å². The predicted octanol–water partition coefficient (Wildman–Crippen LogP) is 8.39. The Kier molecular flexibility index (Phi) is 9.59. The Hall–Kier alpha value is -5.41. The molecule has 3 heterocycles. The molecule has 9 heteroatoms. The monoisotopic (exact) mass is 644 g/mol. The summed E-state index contributed by atoms with van der Waals surface area (Å²) in [5.41, 5.74) is 7.84. The molecule has 1 unspecified atom stereocenters. The number of aldehydes is 1. The van der Waals surface area contributed by atoms with Crippen molar-refractivity contribution in [1.29, 1.82) is 0 Å². The molecule has 1 saturated heterocycles. The number of nitrogens with one attached hydrogen (secondary N) is 1. The van der Waals surface area contributed by atoms with Crippen molar-refractivity contribution in [2.75, 3.05) is 19.0 Å². The number of hydrogen-bond acceptors (Lipinski definition) is 7.